The number of hydrogen-bond acceptors (Lipinski definition) is 5. The lowest BCUT2D eigenvalue weighted by Crippen LogP contribution is -2.41. The van der Waals surface area contributed by atoms with Gasteiger partial charge in [0, 0.05) is 6.54 Å². The average Bonchev–Trinajstić information content (AvgIpc) is 3.00. The topological polar surface area (TPSA) is 55.8 Å². The van der Waals surface area contributed by atoms with E-state index in [-0.39, 0.29) is 0 Å². The van der Waals surface area contributed by atoms with Crippen molar-refractivity contribution < 1.29 is 19.1 Å². The van der Waals surface area contributed by atoms with E-state index in [9.17, 15) is 9.59 Å². The number of carbonyl (C=O) groups is 2. The van der Waals surface area contributed by atoms with Crippen molar-refractivity contribution >= 4 is 34.5 Å². The van der Waals surface area contributed by atoms with Gasteiger partial charge in [0.15, 0.2) is 0 Å². The predicted octanol–water partition coefficient (Wildman–Crippen LogP) is 2.21. The van der Waals surface area contributed by atoms with Gasteiger partial charge in [-0.25, -0.2) is 9.59 Å². The summed E-state index contributed by atoms with van der Waals surface area (Å²) < 4.78 is 11.0. The Bertz CT molecular complexity index is 526. The van der Waals surface area contributed by atoms with Gasteiger partial charge in [0.2, 0.25) is 0 Å². The summed E-state index contributed by atoms with van der Waals surface area (Å²) in [7, 11) is 2.69. The smallest absolute Gasteiger partial charge is 0.336 e. The fourth-order valence-corrected chi connectivity index (χ4v) is 3.74. The maximum atomic E-state index is 12.3. The fraction of sp³-hybridized carbons (Fsp3) is 0.600. The normalized spacial score (nSPS) is 26.0. The molecule has 2 rings (SSSR count). The molecule has 0 bridgehead atoms. The zero-order valence-corrected chi connectivity index (χ0v) is 14.7. The minimum absolute atomic E-state index is 0.431. The maximum absolute atomic E-state index is 12.3. The summed E-state index contributed by atoms with van der Waals surface area (Å²) in [5.74, 6) is -0.875. The molecule has 116 valence electrons. The van der Waals surface area contributed by atoms with Crippen LogP contribution in [0.4, 0.5) is 0 Å². The lowest BCUT2D eigenvalue weighted by atomic mass is 9.86. The highest BCUT2D eigenvalue weighted by Gasteiger charge is 2.53. The van der Waals surface area contributed by atoms with Gasteiger partial charge in [0.25, 0.3) is 0 Å². The number of esters is 2. The van der Waals surface area contributed by atoms with Crippen molar-refractivity contribution in [2.45, 2.75) is 31.7 Å². The van der Waals surface area contributed by atoms with Crippen LogP contribution in [0, 0.1) is 0 Å². The van der Waals surface area contributed by atoms with Gasteiger partial charge in [-0.2, -0.15) is 0 Å². The average molecular weight is 405 g/mol. The molecule has 0 aromatic carbocycles. The SMILES string of the molecule is CC/C(I)=C/C12CCCN1CC(C(=O)OC)=C2C(=O)OC. The molecule has 6 heteroatoms. The molecule has 0 N–H and O–H groups in total. The van der Waals surface area contributed by atoms with E-state index in [1.165, 1.54) is 17.8 Å². The Hall–Kier alpha value is -0.890. The van der Waals surface area contributed by atoms with E-state index in [1.807, 2.05) is 0 Å². The lowest BCUT2D eigenvalue weighted by Gasteiger charge is -2.31. The summed E-state index contributed by atoms with van der Waals surface area (Å²) in [6.07, 6.45) is 4.84. The highest BCUT2D eigenvalue weighted by molar-refractivity contribution is 14.1. The molecule has 5 nitrogen and oxygen atoms in total. The van der Waals surface area contributed by atoms with Crippen molar-refractivity contribution in [1.82, 2.24) is 4.90 Å². The van der Waals surface area contributed by atoms with Crippen LogP contribution >= 0.6 is 22.6 Å². The van der Waals surface area contributed by atoms with E-state index in [2.05, 4.69) is 40.5 Å². The van der Waals surface area contributed by atoms with Crippen LogP contribution in [0.3, 0.4) is 0 Å². The second-order valence-corrected chi connectivity index (χ2v) is 6.62. The van der Waals surface area contributed by atoms with Crippen molar-refractivity contribution in [2.75, 3.05) is 27.3 Å². The Morgan fingerprint density at radius 2 is 2.00 bits per heavy atom. The lowest BCUT2D eigenvalue weighted by molar-refractivity contribution is -0.139. The minimum Gasteiger partial charge on any atom is -0.466 e. The monoisotopic (exact) mass is 405 g/mol. The number of carbonyl (C=O) groups excluding carboxylic acids is 2. The Balaban J connectivity index is 2.59. The van der Waals surface area contributed by atoms with Gasteiger partial charge in [0.1, 0.15) is 0 Å². The van der Waals surface area contributed by atoms with E-state index in [1.54, 1.807) is 0 Å². The number of allylic oxidation sites excluding steroid dienone is 1. The minimum atomic E-state index is -0.511. The van der Waals surface area contributed by atoms with Gasteiger partial charge in [0.05, 0.1) is 30.9 Å². The standard InChI is InChI=1S/C15H20INO4/c1-4-10(16)8-15-6-5-7-17(15)9-11(13(18)20-2)12(15)14(19)21-3/h8H,4-7,9H2,1-3H3/b10-8-. The molecule has 0 aromatic heterocycles. The Labute approximate surface area is 138 Å². The molecule has 0 radical (unpaired) electrons. The van der Waals surface area contributed by atoms with Gasteiger partial charge >= 0.3 is 11.9 Å². The molecule has 0 aromatic rings. The molecule has 0 spiro atoms. The number of nitrogens with zero attached hydrogens (tertiary/aromatic N) is 1. The predicted molar refractivity (Wildman–Crippen MR) is 87.0 cm³/mol. The molecule has 2 heterocycles. The van der Waals surface area contributed by atoms with Crippen LogP contribution in [0.2, 0.25) is 0 Å². The molecular weight excluding hydrogens is 385 g/mol. The van der Waals surface area contributed by atoms with Gasteiger partial charge in [-0.05, 0) is 52.0 Å². The third-order valence-corrected chi connectivity index (χ3v) is 5.26. The molecule has 0 amide bonds. The zero-order valence-electron chi connectivity index (χ0n) is 12.6. The summed E-state index contributed by atoms with van der Waals surface area (Å²) in [4.78, 5) is 26.5. The van der Waals surface area contributed by atoms with E-state index >= 15 is 0 Å². The number of halogens is 1. The van der Waals surface area contributed by atoms with Gasteiger partial charge < -0.3 is 9.47 Å². The fourth-order valence-electron chi connectivity index (χ4n) is 3.22. The second-order valence-electron chi connectivity index (χ2n) is 5.23. The molecule has 0 saturated carbocycles. The van der Waals surface area contributed by atoms with Crippen LogP contribution in [-0.4, -0.2) is 49.7 Å². The highest BCUT2D eigenvalue weighted by atomic mass is 127. The van der Waals surface area contributed by atoms with Crippen molar-refractivity contribution in [3.05, 3.63) is 20.8 Å². The van der Waals surface area contributed by atoms with Gasteiger partial charge in [-0.3, -0.25) is 4.90 Å². The Kier molecular flexibility index (Phi) is 5.08. The summed E-state index contributed by atoms with van der Waals surface area (Å²) in [5.41, 5.74) is 0.376. The van der Waals surface area contributed by atoms with E-state index in [0.717, 1.165) is 25.8 Å². The summed E-state index contributed by atoms with van der Waals surface area (Å²) in [6.45, 7) is 3.39. The third kappa shape index (κ3) is 2.75. The molecule has 1 unspecified atom stereocenters. The first kappa shape index (κ1) is 16.5. The number of fused-ring (bicyclic) bond motifs is 1. The van der Waals surface area contributed by atoms with Crippen LogP contribution in [0.25, 0.3) is 0 Å². The summed E-state index contributed by atoms with van der Waals surface area (Å²) in [6, 6.07) is 0. The van der Waals surface area contributed by atoms with Crippen LogP contribution in [0.1, 0.15) is 26.2 Å². The quantitative estimate of drug-likeness (QED) is 0.531. The van der Waals surface area contributed by atoms with Crippen molar-refractivity contribution in [3.63, 3.8) is 0 Å². The molecule has 2 aliphatic heterocycles. The van der Waals surface area contributed by atoms with E-state index in [0.29, 0.717) is 17.7 Å². The second kappa shape index (κ2) is 6.48. The number of rotatable bonds is 4. The van der Waals surface area contributed by atoms with Crippen molar-refractivity contribution in [3.8, 4) is 0 Å². The number of methoxy groups -OCH3 is 2. The Morgan fingerprint density at radius 3 is 2.57 bits per heavy atom. The van der Waals surface area contributed by atoms with E-state index in [4.69, 9.17) is 9.47 Å². The maximum Gasteiger partial charge on any atom is 0.336 e. The highest BCUT2D eigenvalue weighted by Crippen LogP contribution is 2.46. The van der Waals surface area contributed by atoms with Crippen LogP contribution in [-0.2, 0) is 19.1 Å². The van der Waals surface area contributed by atoms with Crippen LogP contribution in [0.15, 0.2) is 20.8 Å². The van der Waals surface area contributed by atoms with E-state index < -0.39 is 17.5 Å². The van der Waals surface area contributed by atoms with Crippen LogP contribution in [0.5, 0.6) is 0 Å². The molecule has 21 heavy (non-hydrogen) atoms. The molecule has 1 saturated heterocycles. The zero-order chi connectivity index (χ0) is 15.6. The third-order valence-electron chi connectivity index (χ3n) is 4.19. The molecular formula is C15H20INO4. The summed E-state index contributed by atoms with van der Waals surface area (Å²) >= 11 is 2.29. The van der Waals surface area contributed by atoms with Crippen molar-refractivity contribution in [1.29, 1.82) is 0 Å². The molecule has 1 atom stereocenters. The number of ether oxygens (including phenoxy) is 2. The Morgan fingerprint density at radius 1 is 1.33 bits per heavy atom. The molecule has 1 fully saturated rings. The van der Waals surface area contributed by atoms with Gasteiger partial charge in [-0.15, -0.1) is 0 Å². The summed E-state index contributed by atoms with van der Waals surface area (Å²) in [5, 5.41) is 0. The number of hydrogen-bond donors (Lipinski definition) is 0. The van der Waals surface area contributed by atoms with Gasteiger partial charge in [-0.1, -0.05) is 13.0 Å². The van der Waals surface area contributed by atoms with Crippen LogP contribution < -0.4 is 0 Å². The first-order chi connectivity index (χ1) is 10.00. The largest absolute Gasteiger partial charge is 0.466 e. The first-order valence-corrected chi connectivity index (χ1v) is 8.10. The first-order valence-electron chi connectivity index (χ1n) is 7.02. The molecule has 2 aliphatic rings. The molecule has 0 aliphatic carbocycles. The van der Waals surface area contributed by atoms with Crippen molar-refractivity contribution in [2.24, 2.45) is 0 Å².